The topological polar surface area (TPSA) is 102 Å². The van der Waals surface area contributed by atoms with Crippen LogP contribution in [-0.2, 0) is 27.2 Å². The summed E-state index contributed by atoms with van der Waals surface area (Å²) in [6, 6.07) is 8.11. The average molecular weight is 450 g/mol. The monoisotopic (exact) mass is 448 g/mol. The van der Waals surface area contributed by atoms with Crippen molar-refractivity contribution in [1.82, 2.24) is 0 Å². The fourth-order valence-electron chi connectivity index (χ4n) is 1.89. The van der Waals surface area contributed by atoms with E-state index in [4.69, 9.17) is 32.0 Å². The maximum atomic E-state index is 11.7. The Kier molecular flexibility index (Phi) is 5.25. The highest BCUT2D eigenvalue weighted by molar-refractivity contribution is 8.14. The molecule has 0 aliphatic carbocycles. The Morgan fingerprint density at radius 2 is 1.04 bits per heavy atom. The summed E-state index contributed by atoms with van der Waals surface area (Å²) in [6.07, 6.45) is 0. The third-order valence-corrected chi connectivity index (χ3v) is 7.03. The predicted octanol–water partition coefficient (Wildman–Crippen LogP) is 3.14. The van der Waals surface area contributed by atoms with E-state index in [1.165, 1.54) is 30.3 Å². The first-order valence-corrected chi connectivity index (χ1v) is 12.8. The van der Waals surface area contributed by atoms with Crippen molar-refractivity contribution < 1.29 is 25.3 Å². The molecule has 2 aromatic rings. The number of rotatable bonds is 4. The SMILES string of the molecule is O=S(=O)(Cl)c1ccc(-c2ccc(S(=O)(=O)Cl)cc2S(=O)(=O)Cl)cc1. The quantitative estimate of drug-likeness (QED) is 0.664. The minimum Gasteiger partial charge on any atom is -0.207 e. The Balaban J connectivity index is 2.71. The van der Waals surface area contributed by atoms with Crippen LogP contribution in [0.1, 0.15) is 0 Å². The van der Waals surface area contributed by atoms with E-state index >= 15 is 0 Å². The Morgan fingerprint density at radius 1 is 0.583 bits per heavy atom. The minimum absolute atomic E-state index is 0.0765. The normalized spacial score (nSPS) is 13.0. The molecule has 0 aliphatic heterocycles. The van der Waals surface area contributed by atoms with Gasteiger partial charge in [0.15, 0.2) is 0 Å². The first-order valence-electron chi connectivity index (χ1n) is 5.88. The van der Waals surface area contributed by atoms with Gasteiger partial charge in [0, 0.05) is 37.6 Å². The van der Waals surface area contributed by atoms with Gasteiger partial charge in [-0.25, -0.2) is 25.3 Å². The Labute approximate surface area is 152 Å². The van der Waals surface area contributed by atoms with Gasteiger partial charge in [-0.3, -0.25) is 0 Å². The lowest BCUT2D eigenvalue weighted by molar-refractivity contribution is 0.606. The van der Waals surface area contributed by atoms with E-state index in [9.17, 15) is 25.3 Å². The molecule has 0 radical (unpaired) electrons. The second-order valence-corrected chi connectivity index (χ2v) is 12.2. The number of hydrogen-bond donors (Lipinski definition) is 0. The van der Waals surface area contributed by atoms with Gasteiger partial charge in [-0.2, -0.15) is 0 Å². The van der Waals surface area contributed by atoms with Crippen LogP contribution in [0, 0.1) is 0 Å². The highest BCUT2D eigenvalue weighted by Gasteiger charge is 2.21. The van der Waals surface area contributed by atoms with Crippen LogP contribution < -0.4 is 0 Å². The molecule has 0 aromatic heterocycles. The van der Waals surface area contributed by atoms with E-state index in [1.807, 2.05) is 0 Å². The molecule has 12 heteroatoms. The molecule has 0 N–H and O–H groups in total. The fourth-order valence-corrected chi connectivity index (χ4v) is 4.61. The number of hydrogen-bond acceptors (Lipinski definition) is 6. The summed E-state index contributed by atoms with van der Waals surface area (Å²) in [5, 5.41) is 0. The van der Waals surface area contributed by atoms with E-state index in [0.717, 1.165) is 12.1 Å². The van der Waals surface area contributed by atoms with Crippen molar-refractivity contribution in [3.63, 3.8) is 0 Å². The number of halogens is 3. The molecule has 6 nitrogen and oxygen atoms in total. The third kappa shape index (κ3) is 4.41. The van der Waals surface area contributed by atoms with Crippen LogP contribution in [0.3, 0.4) is 0 Å². The maximum Gasteiger partial charge on any atom is 0.261 e. The van der Waals surface area contributed by atoms with Crippen LogP contribution in [0.15, 0.2) is 57.2 Å². The molecule has 0 unspecified atom stereocenters. The van der Waals surface area contributed by atoms with E-state index in [1.54, 1.807) is 0 Å². The average Bonchev–Trinajstić information content (AvgIpc) is 2.44. The van der Waals surface area contributed by atoms with Crippen molar-refractivity contribution in [3.8, 4) is 11.1 Å². The molecular formula is C12H7Cl3O6S3. The van der Waals surface area contributed by atoms with Crippen LogP contribution in [0.25, 0.3) is 11.1 Å². The van der Waals surface area contributed by atoms with Gasteiger partial charge >= 0.3 is 0 Å². The van der Waals surface area contributed by atoms with Gasteiger partial charge in [-0.1, -0.05) is 18.2 Å². The summed E-state index contributed by atoms with van der Waals surface area (Å²) in [5.41, 5.74) is 0.365. The van der Waals surface area contributed by atoms with Crippen molar-refractivity contribution in [2.75, 3.05) is 0 Å². The van der Waals surface area contributed by atoms with E-state index in [2.05, 4.69) is 0 Å². The van der Waals surface area contributed by atoms with Crippen LogP contribution >= 0.6 is 32.0 Å². The maximum absolute atomic E-state index is 11.7. The summed E-state index contributed by atoms with van der Waals surface area (Å²) in [5.74, 6) is 0. The smallest absolute Gasteiger partial charge is 0.207 e. The van der Waals surface area contributed by atoms with Crippen molar-refractivity contribution >= 4 is 59.2 Å². The molecule has 2 aromatic carbocycles. The Morgan fingerprint density at radius 3 is 1.46 bits per heavy atom. The first-order chi connectivity index (χ1) is 10.8. The van der Waals surface area contributed by atoms with Gasteiger partial charge in [0.25, 0.3) is 27.2 Å². The lowest BCUT2D eigenvalue weighted by Crippen LogP contribution is -1.99. The van der Waals surface area contributed by atoms with Crippen molar-refractivity contribution in [1.29, 1.82) is 0 Å². The molecule has 0 saturated heterocycles. The molecule has 0 amide bonds. The molecule has 0 saturated carbocycles. The summed E-state index contributed by atoms with van der Waals surface area (Å²) < 4.78 is 68.7. The van der Waals surface area contributed by atoms with Crippen LogP contribution in [0.4, 0.5) is 0 Å². The molecule has 0 spiro atoms. The van der Waals surface area contributed by atoms with Crippen molar-refractivity contribution in [3.05, 3.63) is 42.5 Å². The van der Waals surface area contributed by atoms with Crippen molar-refractivity contribution in [2.24, 2.45) is 0 Å². The van der Waals surface area contributed by atoms with Gasteiger partial charge < -0.3 is 0 Å². The summed E-state index contributed by atoms with van der Waals surface area (Å²) in [6.45, 7) is 0. The van der Waals surface area contributed by atoms with Crippen LogP contribution in [0.5, 0.6) is 0 Å². The van der Waals surface area contributed by atoms with E-state index in [-0.39, 0.29) is 16.0 Å². The molecule has 0 aliphatic rings. The van der Waals surface area contributed by atoms with Gasteiger partial charge in [0.2, 0.25) is 0 Å². The minimum atomic E-state index is -4.30. The zero-order chi connectivity index (χ0) is 18.3. The predicted molar refractivity (Wildman–Crippen MR) is 91.0 cm³/mol. The van der Waals surface area contributed by atoms with Gasteiger partial charge in [-0.05, 0) is 29.8 Å². The zero-order valence-corrected chi connectivity index (χ0v) is 16.1. The van der Waals surface area contributed by atoms with E-state index < -0.39 is 36.9 Å². The third-order valence-electron chi connectivity index (χ3n) is 2.94. The second-order valence-electron chi connectivity index (χ2n) is 4.50. The molecule has 0 fully saturated rings. The molecule has 130 valence electrons. The van der Waals surface area contributed by atoms with Crippen LogP contribution in [0.2, 0.25) is 0 Å². The molecule has 2 rings (SSSR count). The van der Waals surface area contributed by atoms with Gasteiger partial charge in [0.05, 0.1) is 14.7 Å². The fraction of sp³-hybridized carbons (Fsp3) is 0. The standard InChI is InChI=1S/C12H7Cl3O6S3/c13-22(16,17)9-3-1-8(2-4-9)11-6-5-10(23(14,18)19)7-12(11)24(15,20)21/h1-7H. The van der Waals surface area contributed by atoms with Gasteiger partial charge in [-0.15, -0.1) is 0 Å². The highest BCUT2D eigenvalue weighted by atomic mass is 35.7. The highest BCUT2D eigenvalue weighted by Crippen LogP contribution is 2.33. The molecule has 0 atom stereocenters. The van der Waals surface area contributed by atoms with Crippen LogP contribution in [-0.4, -0.2) is 25.3 Å². The lowest BCUT2D eigenvalue weighted by Gasteiger charge is -2.09. The first kappa shape index (κ1) is 19.5. The summed E-state index contributed by atoms with van der Waals surface area (Å²) in [7, 11) is 3.37. The van der Waals surface area contributed by atoms with Gasteiger partial charge in [0.1, 0.15) is 0 Å². The Bertz CT molecular complexity index is 1110. The lowest BCUT2D eigenvalue weighted by atomic mass is 10.1. The molecular weight excluding hydrogens is 443 g/mol. The zero-order valence-electron chi connectivity index (χ0n) is 11.3. The van der Waals surface area contributed by atoms with E-state index in [0.29, 0.717) is 0 Å². The molecule has 24 heavy (non-hydrogen) atoms. The Hall–Kier alpha value is -0.840. The number of benzene rings is 2. The molecule has 0 heterocycles. The summed E-state index contributed by atoms with van der Waals surface area (Å²) >= 11 is 0. The second kappa shape index (κ2) is 6.47. The summed E-state index contributed by atoms with van der Waals surface area (Å²) in [4.78, 5) is -1.09. The molecule has 0 bridgehead atoms. The largest absolute Gasteiger partial charge is 0.261 e. The van der Waals surface area contributed by atoms with Crippen molar-refractivity contribution in [2.45, 2.75) is 14.7 Å².